The maximum atomic E-state index is 6.80. The summed E-state index contributed by atoms with van der Waals surface area (Å²) in [6, 6.07) is 13.0. The van der Waals surface area contributed by atoms with Gasteiger partial charge in [0, 0.05) is 22.8 Å². The van der Waals surface area contributed by atoms with Crippen molar-refractivity contribution < 1.29 is 4.74 Å². The van der Waals surface area contributed by atoms with Gasteiger partial charge >= 0.3 is 0 Å². The molecule has 1 heteroatoms. The minimum absolute atomic E-state index is 0.107. The fraction of sp³-hybridized carbons (Fsp3) is 0.333. The van der Waals surface area contributed by atoms with Crippen molar-refractivity contribution in [3.63, 3.8) is 0 Å². The third-order valence-electron chi connectivity index (χ3n) is 5.79. The van der Waals surface area contributed by atoms with Gasteiger partial charge in [-0.2, -0.15) is 0 Å². The van der Waals surface area contributed by atoms with Crippen LogP contribution in [0.5, 0.6) is 5.75 Å². The van der Waals surface area contributed by atoms with E-state index >= 15 is 0 Å². The van der Waals surface area contributed by atoms with Crippen LogP contribution in [-0.4, -0.2) is 5.60 Å². The van der Waals surface area contributed by atoms with E-state index in [4.69, 9.17) is 4.74 Å². The molecule has 0 N–H and O–H groups in total. The van der Waals surface area contributed by atoms with Crippen molar-refractivity contribution in [3.05, 3.63) is 60.2 Å². The fourth-order valence-corrected chi connectivity index (χ4v) is 4.65. The van der Waals surface area contributed by atoms with Crippen LogP contribution in [0.15, 0.2) is 54.6 Å². The normalized spacial score (nSPS) is 32.0. The van der Waals surface area contributed by atoms with Crippen LogP contribution in [0.4, 0.5) is 0 Å². The van der Waals surface area contributed by atoms with Gasteiger partial charge in [-0.1, -0.05) is 61.0 Å². The molecule has 2 aliphatic carbocycles. The van der Waals surface area contributed by atoms with Gasteiger partial charge in [-0.05, 0) is 30.7 Å². The first kappa shape index (κ1) is 12.5. The summed E-state index contributed by atoms with van der Waals surface area (Å²) < 4.78 is 6.80. The molecule has 2 bridgehead atoms. The van der Waals surface area contributed by atoms with Gasteiger partial charge in [-0.25, -0.2) is 0 Å². The summed E-state index contributed by atoms with van der Waals surface area (Å²) in [7, 11) is 0. The van der Waals surface area contributed by atoms with Crippen LogP contribution < -0.4 is 4.74 Å². The molecule has 3 unspecified atom stereocenters. The van der Waals surface area contributed by atoms with Gasteiger partial charge in [-0.15, -0.1) is 0 Å². The minimum atomic E-state index is -0.107. The van der Waals surface area contributed by atoms with Crippen LogP contribution in [0.2, 0.25) is 0 Å². The van der Waals surface area contributed by atoms with Gasteiger partial charge in [0.25, 0.3) is 0 Å². The molecule has 1 nitrogen and oxygen atoms in total. The highest BCUT2D eigenvalue weighted by Gasteiger charge is 2.49. The third kappa shape index (κ3) is 1.60. The number of hydrogen-bond acceptors (Lipinski definition) is 1. The highest BCUT2D eigenvalue weighted by molar-refractivity contribution is 5.92. The Labute approximate surface area is 131 Å². The Bertz CT molecular complexity index is 801. The van der Waals surface area contributed by atoms with Gasteiger partial charge in [-0.3, -0.25) is 0 Å². The summed E-state index contributed by atoms with van der Waals surface area (Å²) in [5, 5.41) is 2.51. The lowest BCUT2D eigenvalue weighted by Gasteiger charge is -2.50. The summed E-state index contributed by atoms with van der Waals surface area (Å²) in [6.07, 6.45) is 14.5. The van der Waals surface area contributed by atoms with E-state index in [0.29, 0.717) is 11.8 Å². The van der Waals surface area contributed by atoms with E-state index in [1.165, 1.54) is 35.6 Å². The largest absolute Gasteiger partial charge is 0.481 e. The predicted molar refractivity (Wildman–Crippen MR) is 90.9 cm³/mol. The highest BCUT2D eigenvalue weighted by atomic mass is 16.5. The number of allylic oxidation sites excluding steroid dienone is 1. The lowest BCUT2D eigenvalue weighted by atomic mass is 9.63. The molecule has 22 heavy (non-hydrogen) atoms. The first-order chi connectivity index (χ1) is 10.9. The second-order valence-electron chi connectivity index (χ2n) is 6.89. The SMILES string of the molecule is C1=CC2CCCC(C1)C21C=Cc2ccc3ccccc3c2O1. The zero-order chi connectivity index (χ0) is 14.6. The highest BCUT2D eigenvalue weighted by Crippen LogP contribution is 2.51. The number of benzene rings is 2. The number of fused-ring (bicyclic) bond motifs is 3. The Morgan fingerprint density at radius 1 is 1.05 bits per heavy atom. The van der Waals surface area contributed by atoms with Crippen LogP contribution in [0, 0.1) is 11.8 Å². The maximum Gasteiger partial charge on any atom is 0.137 e. The Hall–Kier alpha value is -2.02. The van der Waals surface area contributed by atoms with E-state index in [-0.39, 0.29) is 5.60 Å². The molecule has 0 amide bonds. The molecule has 5 rings (SSSR count). The summed E-state index contributed by atoms with van der Waals surface area (Å²) in [5.41, 5.74) is 1.11. The van der Waals surface area contributed by atoms with Crippen molar-refractivity contribution in [2.24, 2.45) is 11.8 Å². The van der Waals surface area contributed by atoms with Gasteiger partial charge in [0.2, 0.25) is 0 Å². The van der Waals surface area contributed by atoms with Gasteiger partial charge < -0.3 is 4.74 Å². The lowest BCUT2D eigenvalue weighted by Crippen LogP contribution is -2.52. The average molecular weight is 288 g/mol. The molecular weight excluding hydrogens is 268 g/mol. The second kappa shape index (κ2) is 4.49. The molecule has 0 aromatic heterocycles. The summed E-state index contributed by atoms with van der Waals surface area (Å²) in [4.78, 5) is 0. The molecule has 0 saturated heterocycles. The number of ether oxygens (including phenoxy) is 1. The van der Waals surface area contributed by atoms with Gasteiger partial charge in [0.15, 0.2) is 0 Å². The molecule has 3 atom stereocenters. The zero-order valence-electron chi connectivity index (χ0n) is 12.7. The van der Waals surface area contributed by atoms with Crippen molar-refractivity contribution >= 4 is 16.8 Å². The molecule has 0 radical (unpaired) electrons. The molecular formula is C21H20O. The standard InChI is InChI=1S/C21H20O/c1-2-10-19-15(5-1)11-12-16-13-14-21(22-20(16)19)17-6-3-7-18(21)9-4-8-17/h1-3,5-6,10-14,17-18H,4,7-9H2. The molecule has 3 aliphatic rings. The molecule has 2 aromatic carbocycles. The lowest BCUT2D eigenvalue weighted by molar-refractivity contribution is -0.0189. The summed E-state index contributed by atoms with van der Waals surface area (Å²) in [6.45, 7) is 0. The Balaban J connectivity index is 1.70. The number of rotatable bonds is 0. The van der Waals surface area contributed by atoms with Crippen molar-refractivity contribution in [3.8, 4) is 5.75 Å². The molecule has 110 valence electrons. The molecule has 1 aliphatic heterocycles. The smallest absolute Gasteiger partial charge is 0.137 e. The van der Waals surface area contributed by atoms with Crippen LogP contribution in [0.3, 0.4) is 0 Å². The monoisotopic (exact) mass is 288 g/mol. The predicted octanol–water partition coefficient (Wildman–Crippen LogP) is 5.36. The summed E-state index contributed by atoms with van der Waals surface area (Å²) in [5.74, 6) is 2.25. The van der Waals surface area contributed by atoms with E-state index in [2.05, 4.69) is 60.7 Å². The van der Waals surface area contributed by atoms with Crippen molar-refractivity contribution in [1.82, 2.24) is 0 Å². The van der Waals surface area contributed by atoms with E-state index in [9.17, 15) is 0 Å². The van der Waals surface area contributed by atoms with Crippen LogP contribution in [0.1, 0.15) is 31.2 Å². The van der Waals surface area contributed by atoms with Crippen LogP contribution >= 0.6 is 0 Å². The van der Waals surface area contributed by atoms with Gasteiger partial charge in [0.05, 0.1) is 0 Å². The fourth-order valence-electron chi connectivity index (χ4n) is 4.65. The Morgan fingerprint density at radius 2 is 2.00 bits per heavy atom. The van der Waals surface area contributed by atoms with Crippen molar-refractivity contribution in [1.29, 1.82) is 0 Å². The Kier molecular flexibility index (Phi) is 2.55. The minimum Gasteiger partial charge on any atom is -0.481 e. The van der Waals surface area contributed by atoms with E-state index in [1.807, 2.05) is 0 Å². The molecule has 1 heterocycles. The first-order valence-corrected chi connectivity index (χ1v) is 8.43. The zero-order valence-corrected chi connectivity index (χ0v) is 12.7. The van der Waals surface area contributed by atoms with Gasteiger partial charge in [0.1, 0.15) is 11.4 Å². The van der Waals surface area contributed by atoms with E-state index < -0.39 is 0 Å². The van der Waals surface area contributed by atoms with E-state index in [1.54, 1.807) is 0 Å². The van der Waals surface area contributed by atoms with Crippen LogP contribution in [0.25, 0.3) is 16.8 Å². The third-order valence-corrected chi connectivity index (χ3v) is 5.79. The topological polar surface area (TPSA) is 9.23 Å². The van der Waals surface area contributed by atoms with Crippen molar-refractivity contribution in [2.45, 2.75) is 31.3 Å². The molecule has 2 aromatic rings. The Morgan fingerprint density at radius 3 is 2.95 bits per heavy atom. The first-order valence-electron chi connectivity index (χ1n) is 8.43. The van der Waals surface area contributed by atoms with Crippen LogP contribution in [-0.2, 0) is 0 Å². The molecule has 1 spiro atoms. The van der Waals surface area contributed by atoms with E-state index in [0.717, 1.165) is 12.2 Å². The number of hydrogen-bond donors (Lipinski definition) is 0. The summed E-state index contributed by atoms with van der Waals surface area (Å²) >= 11 is 0. The maximum absolute atomic E-state index is 6.80. The quantitative estimate of drug-likeness (QED) is 0.593. The molecule has 1 saturated carbocycles. The van der Waals surface area contributed by atoms with Crippen molar-refractivity contribution in [2.75, 3.05) is 0 Å². The average Bonchev–Trinajstić information content (AvgIpc) is 2.54. The second-order valence-corrected chi connectivity index (χ2v) is 6.89. The molecule has 1 fully saturated rings.